The zero-order chi connectivity index (χ0) is 98.9. The van der Waals surface area contributed by atoms with Gasteiger partial charge in [-0.2, -0.15) is 24.4 Å². The summed E-state index contributed by atoms with van der Waals surface area (Å²) in [6.45, 7) is 8.89. The maximum Gasteiger partial charge on any atom is 0.326 e. The van der Waals surface area contributed by atoms with E-state index in [1.807, 2.05) is 0 Å². The topological polar surface area (TPSA) is 827 Å². The van der Waals surface area contributed by atoms with E-state index in [9.17, 15) is 116 Å². The number of carboxylic acids is 2. The van der Waals surface area contributed by atoms with Crippen molar-refractivity contribution in [1.29, 1.82) is 5.41 Å². The number of aliphatic carboxylic acids is 2. The van der Waals surface area contributed by atoms with Crippen molar-refractivity contribution in [1.82, 2.24) is 94.7 Å². The number of nitrogens with two attached hydrogens (primary N) is 6. The highest BCUT2D eigenvalue weighted by atomic mass is 32.2. The van der Waals surface area contributed by atoms with Gasteiger partial charge < -0.3 is 145 Å². The standard InChI is InChI=1S/C81H121N25O24S2/c1-37(2)27-46(82)67(116)99-56(31-62(86)112)76(125)106-65(40(6)107)79(128)97-49(19-22-60(84)110)69(118)100-54(29-42-33-91-47-12-9-8-11-45(42)47)73(122)102-57(32-63(113)114)75(124)101-55(30-43-34-89-36-92-43)74(123)96-51(24-26-132-7)70(119)104-58(35-131)77(126)95-48(18-21-59(83)109)68(117)94-50(20-23-61(85)111)71(120)105-64(38(3)4)78(127)103-53(28-41-14-16-44(108)17-15-41)72(121)93-39(5)66(115)98-52(80(129)130)13-10-25-90-81(87)88/h8-9,11-12,14-17,33-34,36-40,46,48-58,64-65,91,107-108,131H,10,13,18-32,35,82H2,1-7H3,(H2,83,109)(H2,84,110)(H2,85,111)(H2,86,112)(H,89,92)(H,93,121)(H,94,117)(H,95,126)(H,96,123)(H,97,128)(H,98,115)(H,99,116)(H,100,118)(H,101,124)(H,102,122)(H,103,127)(H,104,119)(H,105,120)(H,106,125)(H,113,114)(H,129,130)(H4,87,88,90)/t39-,40+,46-,48-,49-,50-,51-,52-,53-,54-,55-,56-,57-,58-,64-,65-/m0/s1. The van der Waals surface area contributed by atoms with Crippen molar-refractivity contribution in [2.24, 2.45) is 46.2 Å². The number of hydrogen-bond donors (Lipinski definition) is 29. The number of aromatic hydroxyl groups is 1. The Morgan fingerprint density at radius 1 is 0.470 bits per heavy atom. The number of carbonyl (C=O) groups is 20. The maximum atomic E-state index is 14.9. The van der Waals surface area contributed by atoms with Crippen LogP contribution in [0.3, 0.4) is 0 Å². The van der Waals surface area contributed by atoms with Crippen molar-refractivity contribution in [3.05, 3.63) is 84.1 Å². The molecule has 4 rings (SSSR count). The van der Waals surface area contributed by atoms with E-state index in [0.717, 1.165) is 6.92 Å². The molecule has 2 aromatic heterocycles. The molecule has 34 N–H and O–H groups in total. The summed E-state index contributed by atoms with van der Waals surface area (Å²) in [6, 6.07) is -13.6. The number of primary amides is 4. The van der Waals surface area contributed by atoms with Gasteiger partial charge in [0, 0.05) is 74.1 Å². The summed E-state index contributed by atoms with van der Waals surface area (Å²) in [5, 5.41) is 84.9. The van der Waals surface area contributed by atoms with Crippen LogP contribution in [0.15, 0.2) is 67.3 Å². The van der Waals surface area contributed by atoms with Crippen LogP contribution in [0.4, 0.5) is 0 Å². The molecule has 0 aliphatic heterocycles. The van der Waals surface area contributed by atoms with Crippen LogP contribution in [0.2, 0.25) is 0 Å². The third kappa shape index (κ3) is 38.9. The van der Waals surface area contributed by atoms with Gasteiger partial charge in [-0.25, -0.2) is 9.78 Å². The Labute approximate surface area is 767 Å². The first-order valence-corrected chi connectivity index (χ1v) is 43.9. The lowest BCUT2D eigenvalue weighted by atomic mass is 9.99. The fourth-order valence-corrected chi connectivity index (χ4v) is 13.7. The van der Waals surface area contributed by atoms with E-state index in [1.165, 1.54) is 75.5 Å². The van der Waals surface area contributed by atoms with Crippen LogP contribution in [-0.2, 0) is 115 Å². The van der Waals surface area contributed by atoms with Crippen LogP contribution in [0.1, 0.15) is 135 Å². The number of nitrogens with zero attached hydrogens (tertiary/aromatic N) is 1. The first-order chi connectivity index (χ1) is 62.1. The molecule has 0 unspecified atom stereocenters. The van der Waals surface area contributed by atoms with Crippen molar-refractivity contribution in [3.63, 3.8) is 0 Å². The van der Waals surface area contributed by atoms with Crippen LogP contribution in [0, 0.1) is 17.2 Å². The molecule has 0 saturated heterocycles. The number of imidazole rings is 1. The Morgan fingerprint density at radius 3 is 1.39 bits per heavy atom. The largest absolute Gasteiger partial charge is 0.508 e. The molecule has 0 aliphatic rings. The first-order valence-electron chi connectivity index (χ1n) is 41.9. The Bertz CT molecular complexity index is 4710. The number of aliphatic hydroxyl groups excluding tert-OH is 1. The molecular formula is C81H121N25O24S2. The van der Waals surface area contributed by atoms with Gasteiger partial charge in [-0.05, 0) is 112 Å². The summed E-state index contributed by atoms with van der Waals surface area (Å²) in [4.78, 5) is 284. The highest BCUT2D eigenvalue weighted by Crippen LogP contribution is 2.21. The fraction of sp³-hybridized carbons (Fsp3) is 0.531. The Hall–Kier alpha value is -13.7. The number of aliphatic hydroxyl groups is 1. The van der Waals surface area contributed by atoms with Gasteiger partial charge in [-0.3, -0.25) is 96.5 Å². The number of benzene rings is 2. The smallest absolute Gasteiger partial charge is 0.326 e. The number of amides is 18. The molecule has 18 amide bonds. The number of carbonyl (C=O) groups excluding carboxylic acids is 18. The van der Waals surface area contributed by atoms with Crippen molar-refractivity contribution in [2.45, 2.75) is 235 Å². The molecule has 2 aromatic carbocycles. The molecule has 0 fully saturated rings. The van der Waals surface area contributed by atoms with Gasteiger partial charge in [-0.1, -0.05) is 58.0 Å². The highest BCUT2D eigenvalue weighted by molar-refractivity contribution is 7.98. The van der Waals surface area contributed by atoms with Crippen LogP contribution in [0.5, 0.6) is 5.75 Å². The second-order valence-electron chi connectivity index (χ2n) is 31.9. The van der Waals surface area contributed by atoms with Gasteiger partial charge in [0.15, 0.2) is 5.96 Å². The number of aromatic nitrogens is 3. The SMILES string of the molecule is CSCC[C@H](NC(=O)[C@H](Cc1c[nH]cn1)NC(=O)[C@H](CC(=O)O)NC(=O)[C@H](Cc1c[nH]c2ccccc12)NC(=O)[C@H](CCC(N)=O)NC(=O)[C@@H](NC(=O)[C@H](CC(N)=O)NC(=O)[C@@H](N)CC(C)C)[C@@H](C)O)C(=O)N[C@@H](CS)C(=O)N[C@@H](CCC(N)=O)C(=O)N[C@@H](CCC(N)=O)C(=O)N[C@H](C(=O)N[C@@H](Cc1ccc(O)cc1)C(=O)N[C@@H](C)C(=O)N[C@@H](CCCNC(=N)N)C(=O)O)C(C)C. The zero-order valence-electron chi connectivity index (χ0n) is 73.7. The van der Waals surface area contributed by atoms with Gasteiger partial charge >= 0.3 is 11.9 Å². The lowest BCUT2D eigenvalue weighted by Gasteiger charge is -2.29. The van der Waals surface area contributed by atoms with Gasteiger partial charge in [0.05, 0.1) is 37.0 Å². The van der Waals surface area contributed by atoms with Gasteiger partial charge in [0.1, 0.15) is 90.3 Å². The third-order valence-electron chi connectivity index (χ3n) is 20.1. The van der Waals surface area contributed by atoms with E-state index < -0.39 is 291 Å². The van der Waals surface area contributed by atoms with E-state index in [0.29, 0.717) is 22.0 Å². The maximum absolute atomic E-state index is 14.9. The Morgan fingerprint density at radius 2 is 0.902 bits per heavy atom. The van der Waals surface area contributed by atoms with Crippen LogP contribution in [0.25, 0.3) is 10.9 Å². The molecule has 0 spiro atoms. The molecule has 0 saturated carbocycles. The second-order valence-corrected chi connectivity index (χ2v) is 33.2. The van der Waals surface area contributed by atoms with Gasteiger partial charge in [-0.15, -0.1) is 0 Å². The quantitative estimate of drug-likeness (QED) is 0.00845. The summed E-state index contributed by atoms with van der Waals surface area (Å²) in [7, 11) is 0. The van der Waals surface area contributed by atoms with E-state index >= 15 is 0 Å². The summed E-state index contributed by atoms with van der Waals surface area (Å²) < 4.78 is 0. The van der Waals surface area contributed by atoms with Gasteiger partial charge in [0.2, 0.25) is 106 Å². The number of rotatable bonds is 60. The summed E-state index contributed by atoms with van der Waals surface area (Å²) in [5.41, 5.74) is 34.5. The number of nitrogens with one attached hydrogen (secondary N) is 18. The molecule has 132 heavy (non-hydrogen) atoms. The van der Waals surface area contributed by atoms with Crippen molar-refractivity contribution in [2.75, 3.05) is 24.3 Å². The van der Waals surface area contributed by atoms with Crippen LogP contribution in [-0.4, -0.2) is 281 Å². The monoisotopic (exact) mass is 1890 g/mol. The second kappa shape index (κ2) is 55.3. The molecule has 0 bridgehead atoms. The minimum atomic E-state index is -2.15. The van der Waals surface area contributed by atoms with Crippen molar-refractivity contribution in [3.8, 4) is 5.75 Å². The third-order valence-corrected chi connectivity index (χ3v) is 21.1. The summed E-state index contributed by atoms with van der Waals surface area (Å²) >= 11 is 5.46. The number of H-pyrrole nitrogens is 2. The number of phenols is 1. The summed E-state index contributed by atoms with van der Waals surface area (Å²) in [6.07, 6.45) is -3.17. The van der Waals surface area contributed by atoms with E-state index in [-0.39, 0.29) is 67.7 Å². The molecule has 726 valence electrons. The minimum absolute atomic E-state index is 0.0858. The molecule has 0 radical (unpaired) electrons. The number of thiol groups is 1. The number of guanidine groups is 1. The molecule has 4 aromatic rings. The van der Waals surface area contributed by atoms with Crippen LogP contribution < -0.4 is 114 Å². The molecular weight excluding hydrogens is 1770 g/mol. The first kappa shape index (κ1) is 111. The predicted octanol–water partition coefficient (Wildman–Crippen LogP) is -7.98. The molecule has 0 aliphatic carbocycles. The number of fused-ring (bicyclic) bond motifs is 1. The number of carboxylic acid groups (broad SMARTS) is 2. The lowest BCUT2D eigenvalue weighted by molar-refractivity contribution is -0.142. The average Bonchev–Trinajstić information content (AvgIpc) is 1.81. The molecule has 49 nitrogen and oxygen atoms in total. The van der Waals surface area contributed by atoms with Crippen LogP contribution >= 0.6 is 24.4 Å². The Kier molecular flexibility index (Phi) is 46.4. The number of aromatic amines is 2. The van der Waals surface area contributed by atoms with Crippen molar-refractivity contribution >= 4 is 160 Å². The summed E-state index contributed by atoms with van der Waals surface area (Å²) in [5.74, 6) is -25.1. The van der Waals surface area contributed by atoms with Gasteiger partial charge in [0.25, 0.3) is 0 Å². The van der Waals surface area contributed by atoms with E-state index in [2.05, 4.69) is 107 Å². The number of para-hydroxylation sites is 1. The predicted molar refractivity (Wildman–Crippen MR) is 478 cm³/mol. The minimum Gasteiger partial charge on any atom is -0.508 e. The zero-order valence-corrected chi connectivity index (χ0v) is 75.4. The molecule has 16 atom stereocenters. The molecule has 51 heteroatoms. The van der Waals surface area contributed by atoms with E-state index in [1.54, 1.807) is 44.4 Å². The number of hydrogen-bond acceptors (Lipinski definition) is 27. The highest BCUT2D eigenvalue weighted by Gasteiger charge is 2.41. The lowest BCUT2D eigenvalue weighted by Crippen LogP contribution is -2.62. The number of thioether (sulfide) groups is 1. The average molecular weight is 1890 g/mol. The normalized spacial score (nSPS) is 14.8. The van der Waals surface area contributed by atoms with Crippen molar-refractivity contribution < 1.29 is 116 Å². The fourth-order valence-electron chi connectivity index (χ4n) is 13.0. The van der Waals surface area contributed by atoms with E-state index in [4.69, 9.17) is 39.8 Å². The molecule has 2 heterocycles. The number of phenolic OH excluding ortho intramolecular Hbond substituents is 1. The Balaban J connectivity index is 1.63.